The molecule has 2 rings (SSSR count). The van der Waals surface area contributed by atoms with E-state index in [2.05, 4.69) is 5.32 Å². The van der Waals surface area contributed by atoms with E-state index in [1.165, 1.54) is 7.11 Å². The number of hydrogen-bond donors (Lipinski definition) is 1. The zero-order valence-electron chi connectivity index (χ0n) is 10.8. The van der Waals surface area contributed by atoms with Crippen LogP contribution >= 0.6 is 0 Å². The second-order valence-electron chi connectivity index (χ2n) is 4.18. The molecule has 18 heavy (non-hydrogen) atoms. The van der Waals surface area contributed by atoms with E-state index >= 15 is 0 Å². The first-order chi connectivity index (χ1) is 8.65. The molecule has 0 radical (unpaired) electrons. The third-order valence-electron chi connectivity index (χ3n) is 3.08. The highest BCUT2D eigenvalue weighted by Gasteiger charge is 2.21. The van der Waals surface area contributed by atoms with Crippen LogP contribution in [0.15, 0.2) is 12.1 Å². The van der Waals surface area contributed by atoms with Gasteiger partial charge in [-0.1, -0.05) is 0 Å². The molecule has 0 spiro atoms. The molecule has 0 aromatic heterocycles. The van der Waals surface area contributed by atoms with Crippen LogP contribution in [0.1, 0.15) is 23.6 Å². The molecule has 1 aliphatic heterocycles. The minimum Gasteiger partial charge on any atom is -0.469 e. The zero-order chi connectivity index (χ0) is 13.1. The molecular formula is C13H17NO4. The maximum atomic E-state index is 11.4. The molecule has 5 heteroatoms. The SMILES string of the molecule is CNC(CC(=O)OC)c1cc2c(cc1C)OCO2. The van der Waals surface area contributed by atoms with Gasteiger partial charge in [0.05, 0.1) is 13.5 Å². The van der Waals surface area contributed by atoms with E-state index in [9.17, 15) is 4.79 Å². The predicted octanol–water partition coefficient (Wildman–Crippen LogP) is 1.55. The van der Waals surface area contributed by atoms with Crippen LogP contribution in [0, 0.1) is 6.92 Å². The number of hydrogen-bond acceptors (Lipinski definition) is 5. The van der Waals surface area contributed by atoms with Gasteiger partial charge in [0.2, 0.25) is 6.79 Å². The summed E-state index contributed by atoms with van der Waals surface area (Å²) in [6, 6.07) is 3.76. The van der Waals surface area contributed by atoms with Crippen LogP contribution in [0.2, 0.25) is 0 Å². The van der Waals surface area contributed by atoms with E-state index in [1.807, 2.05) is 26.1 Å². The van der Waals surface area contributed by atoms with Gasteiger partial charge in [0.15, 0.2) is 11.5 Å². The monoisotopic (exact) mass is 251 g/mol. The van der Waals surface area contributed by atoms with Crippen LogP contribution in [-0.4, -0.2) is 26.9 Å². The lowest BCUT2D eigenvalue weighted by atomic mass is 9.98. The van der Waals surface area contributed by atoms with Crippen molar-refractivity contribution in [2.75, 3.05) is 21.0 Å². The number of methoxy groups -OCH3 is 1. The normalized spacial score (nSPS) is 14.4. The zero-order valence-corrected chi connectivity index (χ0v) is 10.8. The first-order valence-corrected chi connectivity index (χ1v) is 5.80. The van der Waals surface area contributed by atoms with Crippen molar-refractivity contribution in [2.24, 2.45) is 0 Å². The van der Waals surface area contributed by atoms with Crippen molar-refractivity contribution in [2.45, 2.75) is 19.4 Å². The molecule has 0 saturated carbocycles. The topological polar surface area (TPSA) is 56.8 Å². The van der Waals surface area contributed by atoms with Crippen LogP contribution in [0.3, 0.4) is 0 Å². The van der Waals surface area contributed by atoms with Crippen LogP contribution in [-0.2, 0) is 9.53 Å². The lowest BCUT2D eigenvalue weighted by Gasteiger charge is -2.18. The van der Waals surface area contributed by atoms with Gasteiger partial charge in [0.1, 0.15) is 0 Å². The van der Waals surface area contributed by atoms with Gasteiger partial charge in [-0.2, -0.15) is 0 Å². The number of nitrogens with one attached hydrogen (secondary N) is 1. The van der Waals surface area contributed by atoms with E-state index in [0.717, 1.165) is 22.6 Å². The Labute approximate surface area is 106 Å². The molecule has 5 nitrogen and oxygen atoms in total. The predicted molar refractivity (Wildman–Crippen MR) is 65.7 cm³/mol. The molecule has 1 aliphatic rings. The Morgan fingerprint density at radius 1 is 1.44 bits per heavy atom. The molecule has 1 heterocycles. The number of rotatable bonds is 4. The van der Waals surface area contributed by atoms with Crippen LogP contribution in [0.5, 0.6) is 11.5 Å². The van der Waals surface area contributed by atoms with Gasteiger partial charge < -0.3 is 19.5 Å². The molecule has 1 aromatic carbocycles. The molecule has 1 atom stereocenters. The highest BCUT2D eigenvalue weighted by molar-refractivity contribution is 5.70. The summed E-state index contributed by atoms with van der Waals surface area (Å²) in [5, 5.41) is 3.12. The molecule has 0 bridgehead atoms. The fourth-order valence-corrected chi connectivity index (χ4v) is 2.05. The van der Waals surface area contributed by atoms with E-state index in [4.69, 9.17) is 14.2 Å². The van der Waals surface area contributed by atoms with Crippen molar-refractivity contribution in [3.8, 4) is 11.5 Å². The maximum Gasteiger partial charge on any atom is 0.307 e. The number of fused-ring (bicyclic) bond motifs is 1. The Bertz CT molecular complexity index is 459. The molecule has 0 fully saturated rings. The number of benzene rings is 1. The molecule has 0 saturated heterocycles. The molecule has 1 unspecified atom stereocenters. The molecule has 1 aromatic rings. The highest BCUT2D eigenvalue weighted by atomic mass is 16.7. The second-order valence-corrected chi connectivity index (χ2v) is 4.18. The van der Waals surface area contributed by atoms with Gasteiger partial charge in [-0.25, -0.2) is 0 Å². The van der Waals surface area contributed by atoms with Crippen molar-refractivity contribution in [1.82, 2.24) is 5.32 Å². The summed E-state index contributed by atoms with van der Waals surface area (Å²) >= 11 is 0. The Morgan fingerprint density at radius 2 is 2.11 bits per heavy atom. The summed E-state index contributed by atoms with van der Waals surface area (Å²) in [5.41, 5.74) is 2.08. The number of aryl methyl sites for hydroxylation is 1. The Hall–Kier alpha value is -1.75. The van der Waals surface area contributed by atoms with Gasteiger partial charge in [0, 0.05) is 6.04 Å². The number of carbonyl (C=O) groups is 1. The number of carbonyl (C=O) groups excluding carboxylic acids is 1. The molecule has 1 N–H and O–H groups in total. The lowest BCUT2D eigenvalue weighted by molar-refractivity contribution is -0.141. The summed E-state index contributed by atoms with van der Waals surface area (Å²) in [7, 11) is 3.21. The highest BCUT2D eigenvalue weighted by Crippen LogP contribution is 2.37. The van der Waals surface area contributed by atoms with Gasteiger partial charge in [0.25, 0.3) is 0 Å². The summed E-state index contributed by atoms with van der Waals surface area (Å²) in [6.07, 6.45) is 0.285. The van der Waals surface area contributed by atoms with Gasteiger partial charge >= 0.3 is 5.97 Å². The van der Waals surface area contributed by atoms with Crippen LogP contribution in [0.25, 0.3) is 0 Å². The van der Waals surface area contributed by atoms with Gasteiger partial charge in [-0.3, -0.25) is 4.79 Å². The quantitative estimate of drug-likeness (QED) is 0.823. The Morgan fingerprint density at radius 3 is 2.72 bits per heavy atom. The molecular weight excluding hydrogens is 234 g/mol. The summed E-state index contributed by atoms with van der Waals surface area (Å²) in [5.74, 6) is 1.23. The fourth-order valence-electron chi connectivity index (χ4n) is 2.05. The Kier molecular flexibility index (Phi) is 3.72. The van der Waals surface area contributed by atoms with E-state index in [1.54, 1.807) is 0 Å². The summed E-state index contributed by atoms with van der Waals surface area (Å²) in [4.78, 5) is 11.4. The van der Waals surface area contributed by atoms with Crippen molar-refractivity contribution < 1.29 is 19.0 Å². The fraction of sp³-hybridized carbons (Fsp3) is 0.462. The first kappa shape index (κ1) is 12.7. The average Bonchev–Trinajstić information content (AvgIpc) is 2.81. The Balaban J connectivity index is 2.28. The third-order valence-corrected chi connectivity index (χ3v) is 3.08. The van der Waals surface area contributed by atoms with Gasteiger partial charge in [-0.15, -0.1) is 0 Å². The molecule has 0 amide bonds. The number of ether oxygens (including phenoxy) is 3. The van der Waals surface area contributed by atoms with E-state index in [-0.39, 0.29) is 25.2 Å². The minimum absolute atomic E-state index is 0.0908. The van der Waals surface area contributed by atoms with Gasteiger partial charge in [-0.05, 0) is 37.2 Å². The lowest BCUT2D eigenvalue weighted by Crippen LogP contribution is -2.21. The van der Waals surface area contributed by atoms with E-state index in [0.29, 0.717) is 0 Å². The largest absolute Gasteiger partial charge is 0.469 e. The summed E-state index contributed by atoms with van der Waals surface area (Å²) < 4.78 is 15.4. The van der Waals surface area contributed by atoms with Crippen LogP contribution < -0.4 is 14.8 Å². The maximum absolute atomic E-state index is 11.4. The smallest absolute Gasteiger partial charge is 0.307 e. The summed E-state index contributed by atoms with van der Waals surface area (Å²) in [6.45, 7) is 2.23. The van der Waals surface area contributed by atoms with Crippen molar-refractivity contribution in [3.63, 3.8) is 0 Å². The van der Waals surface area contributed by atoms with Crippen molar-refractivity contribution in [1.29, 1.82) is 0 Å². The van der Waals surface area contributed by atoms with E-state index < -0.39 is 0 Å². The molecule has 0 aliphatic carbocycles. The second kappa shape index (κ2) is 5.27. The average molecular weight is 251 g/mol. The number of esters is 1. The molecule has 98 valence electrons. The third kappa shape index (κ3) is 2.41. The van der Waals surface area contributed by atoms with Crippen molar-refractivity contribution in [3.05, 3.63) is 23.3 Å². The first-order valence-electron chi connectivity index (χ1n) is 5.80. The minimum atomic E-state index is -0.244. The van der Waals surface area contributed by atoms with Crippen molar-refractivity contribution >= 4 is 5.97 Å². The van der Waals surface area contributed by atoms with Crippen LogP contribution in [0.4, 0.5) is 0 Å². The standard InChI is InChI=1S/C13H17NO4/c1-8-4-11-12(18-7-17-11)5-9(8)10(14-2)6-13(15)16-3/h4-5,10,14H,6-7H2,1-3H3.